The number of esters is 2. The van der Waals surface area contributed by atoms with Gasteiger partial charge in [0, 0.05) is 5.56 Å². The predicted octanol–water partition coefficient (Wildman–Crippen LogP) is 2.86. The van der Waals surface area contributed by atoms with Crippen LogP contribution in [0.5, 0.6) is 0 Å². The summed E-state index contributed by atoms with van der Waals surface area (Å²) in [7, 11) is 2.55. The Morgan fingerprint density at radius 3 is 2.17 bits per heavy atom. The van der Waals surface area contributed by atoms with Crippen LogP contribution in [0, 0.1) is 0 Å². The van der Waals surface area contributed by atoms with Crippen molar-refractivity contribution in [3.05, 3.63) is 47.2 Å². The van der Waals surface area contributed by atoms with Crippen molar-refractivity contribution >= 4 is 17.8 Å². The molecule has 0 fully saturated rings. The van der Waals surface area contributed by atoms with Crippen LogP contribution < -0.4 is 5.73 Å². The van der Waals surface area contributed by atoms with E-state index in [0.29, 0.717) is 23.2 Å². The Labute approximate surface area is 140 Å². The van der Waals surface area contributed by atoms with E-state index >= 15 is 0 Å². The van der Waals surface area contributed by atoms with Crippen LogP contribution in [0.25, 0.3) is 11.1 Å². The maximum atomic E-state index is 12.4. The number of nitrogens with zero attached hydrogens (tertiary/aromatic N) is 1. The molecule has 2 N–H and O–H groups in total. The van der Waals surface area contributed by atoms with Gasteiger partial charge in [-0.1, -0.05) is 43.7 Å². The summed E-state index contributed by atoms with van der Waals surface area (Å²) >= 11 is 0. The van der Waals surface area contributed by atoms with Gasteiger partial charge in [-0.3, -0.25) is 0 Å². The number of methoxy groups -OCH3 is 2. The second-order valence-electron chi connectivity index (χ2n) is 5.17. The molecule has 6 nitrogen and oxygen atoms in total. The highest BCUT2D eigenvalue weighted by atomic mass is 16.5. The Balaban J connectivity index is 2.92. The monoisotopic (exact) mass is 328 g/mol. The summed E-state index contributed by atoms with van der Waals surface area (Å²) in [4.78, 5) is 29.0. The lowest BCUT2D eigenvalue weighted by Crippen LogP contribution is -2.18. The highest BCUT2D eigenvalue weighted by molar-refractivity contribution is 6.09. The molecule has 1 aromatic carbocycles. The first-order valence-corrected chi connectivity index (χ1v) is 7.59. The van der Waals surface area contributed by atoms with Gasteiger partial charge in [0.1, 0.15) is 11.4 Å². The Morgan fingerprint density at radius 1 is 1.04 bits per heavy atom. The molecule has 6 heteroatoms. The third-order valence-corrected chi connectivity index (χ3v) is 3.63. The van der Waals surface area contributed by atoms with Gasteiger partial charge in [0.25, 0.3) is 0 Å². The van der Waals surface area contributed by atoms with Crippen molar-refractivity contribution in [1.82, 2.24) is 4.98 Å². The van der Waals surface area contributed by atoms with Crippen molar-refractivity contribution in [2.45, 2.75) is 19.8 Å². The maximum absolute atomic E-state index is 12.4. The molecule has 0 saturated heterocycles. The number of benzene rings is 1. The number of anilines is 1. The van der Waals surface area contributed by atoms with Crippen molar-refractivity contribution in [2.24, 2.45) is 0 Å². The molecule has 0 atom stereocenters. The molecule has 24 heavy (non-hydrogen) atoms. The first-order chi connectivity index (χ1) is 11.5. The van der Waals surface area contributed by atoms with E-state index in [1.165, 1.54) is 14.2 Å². The van der Waals surface area contributed by atoms with Crippen LogP contribution in [0.15, 0.2) is 30.3 Å². The summed E-state index contributed by atoms with van der Waals surface area (Å²) in [6.07, 6.45) is 1.30. The molecule has 0 radical (unpaired) electrons. The molecule has 0 saturated carbocycles. The van der Waals surface area contributed by atoms with Crippen LogP contribution in [0.3, 0.4) is 0 Å². The minimum absolute atomic E-state index is 0.0387. The average Bonchev–Trinajstić information content (AvgIpc) is 2.61. The van der Waals surface area contributed by atoms with Crippen molar-refractivity contribution in [3.63, 3.8) is 0 Å². The van der Waals surface area contributed by atoms with Crippen LogP contribution >= 0.6 is 0 Å². The summed E-state index contributed by atoms with van der Waals surface area (Å²) < 4.78 is 9.76. The van der Waals surface area contributed by atoms with E-state index < -0.39 is 11.9 Å². The molecule has 0 bridgehead atoms. The molecule has 1 heterocycles. The number of carbonyl (C=O) groups is 2. The van der Waals surface area contributed by atoms with E-state index in [1.807, 2.05) is 25.1 Å². The molecule has 0 amide bonds. The number of nitrogen functional groups attached to an aromatic ring is 1. The Kier molecular flexibility index (Phi) is 5.52. The molecule has 126 valence electrons. The Morgan fingerprint density at radius 2 is 1.62 bits per heavy atom. The Bertz CT molecular complexity index is 757. The summed E-state index contributed by atoms with van der Waals surface area (Å²) in [6, 6.07) is 9.06. The minimum atomic E-state index is -0.646. The number of pyridine rings is 1. The summed E-state index contributed by atoms with van der Waals surface area (Å²) in [5, 5.41) is 0. The number of nitrogens with two attached hydrogens (primary N) is 1. The zero-order chi connectivity index (χ0) is 17.7. The zero-order valence-electron chi connectivity index (χ0n) is 14.0. The van der Waals surface area contributed by atoms with Gasteiger partial charge in [-0.2, -0.15) is 0 Å². The molecule has 0 aliphatic heterocycles. The number of hydrogen-bond acceptors (Lipinski definition) is 6. The first-order valence-electron chi connectivity index (χ1n) is 7.59. The SMILES string of the molecule is CCCc1nc(N)c(C(=O)OC)c(-c2ccccc2)c1C(=O)OC. The van der Waals surface area contributed by atoms with Crippen LogP contribution in [0.1, 0.15) is 39.8 Å². The quantitative estimate of drug-likeness (QED) is 0.849. The van der Waals surface area contributed by atoms with Crippen LogP contribution in [0.2, 0.25) is 0 Å². The van der Waals surface area contributed by atoms with Gasteiger partial charge in [-0.05, 0) is 12.0 Å². The number of hydrogen-bond donors (Lipinski definition) is 1. The number of rotatable bonds is 5. The fraction of sp³-hybridized carbons (Fsp3) is 0.278. The second kappa shape index (κ2) is 7.59. The summed E-state index contributed by atoms with van der Waals surface area (Å²) in [5.41, 5.74) is 7.91. The van der Waals surface area contributed by atoms with Crippen LogP contribution in [-0.2, 0) is 15.9 Å². The summed E-state index contributed by atoms with van der Waals surface area (Å²) in [5.74, 6) is -1.17. The largest absolute Gasteiger partial charge is 0.465 e. The van der Waals surface area contributed by atoms with Gasteiger partial charge in [0.2, 0.25) is 0 Å². The Hall–Kier alpha value is -2.89. The topological polar surface area (TPSA) is 91.5 Å². The minimum Gasteiger partial charge on any atom is -0.465 e. The molecule has 0 spiro atoms. The lowest BCUT2D eigenvalue weighted by molar-refractivity contribution is 0.0599. The van der Waals surface area contributed by atoms with E-state index in [9.17, 15) is 9.59 Å². The average molecular weight is 328 g/mol. The maximum Gasteiger partial charge on any atom is 0.342 e. The van der Waals surface area contributed by atoms with E-state index in [0.717, 1.165) is 6.42 Å². The van der Waals surface area contributed by atoms with Gasteiger partial charge >= 0.3 is 11.9 Å². The van der Waals surface area contributed by atoms with Gasteiger partial charge in [0.15, 0.2) is 0 Å². The van der Waals surface area contributed by atoms with Gasteiger partial charge in [0.05, 0.1) is 25.5 Å². The molecule has 2 rings (SSSR count). The number of ether oxygens (including phenoxy) is 2. The van der Waals surface area contributed by atoms with Crippen molar-refractivity contribution in [1.29, 1.82) is 0 Å². The van der Waals surface area contributed by atoms with Crippen LogP contribution in [0.4, 0.5) is 5.82 Å². The third kappa shape index (κ3) is 3.22. The summed E-state index contributed by atoms with van der Waals surface area (Å²) in [6.45, 7) is 1.97. The lowest BCUT2D eigenvalue weighted by Gasteiger charge is -2.17. The number of carbonyl (C=O) groups excluding carboxylic acids is 2. The molecular weight excluding hydrogens is 308 g/mol. The number of aromatic nitrogens is 1. The predicted molar refractivity (Wildman–Crippen MR) is 90.8 cm³/mol. The zero-order valence-corrected chi connectivity index (χ0v) is 14.0. The standard InChI is InChI=1S/C18H20N2O4/c1-4-8-12-14(17(21)23-2)13(11-9-6-5-7-10-11)15(16(19)20-12)18(22)24-3/h5-7,9-10H,4,8H2,1-3H3,(H2,19,20). The molecule has 0 aliphatic carbocycles. The van der Waals surface area contributed by atoms with Crippen molar-refractivity contribution in [2.75, 3.05) is 20.0 Å². The van der Waals surface area contributed by atoms with Crippen molar-refractivity contribution < 1.29 is 19.1 Å². The lowest BCUT2D eigenvalue weighted by atomic mass is 9.92. The third-order valence-electron chi connectivity index (χ3n) is 3.63. The van der Waals surface area contributed by atoms with E-state index in [2.05, 4.69) is 4.98 Å². The molecule has 0 unspecified atom stereocenters. The van der Waals surface area contributed by atoms with Crippen LogP contribution in [-0.4, -0.2) is 31.1 Å². The van der Waals surface area contributed by atoms with Gasteiger partial charge in [-0.25, -0.2) is 14.6 Å². The highest BCUT2D eigenvalue weighted by Gasteiger charge is 2.28. The number of aryl methyl sites for hydroxylation is 1. The normalized spacial score (nSPS) is 10.3. The van der Waals surface area contributed by atoms with Crippen molar-refractivity contribution in [3.8, 4) is 11.1 Å². The van der Waals surface area contributed by atoms with E-state index in [-0.39, 0.29) is 16.9 Å². The van der Waals surface area contributed by atoms with E-state index in [4.69, 9.17) is 15.2 Å². The molecule has 0 aliphatic rings. The molecular formula is C18H20N2O4. The molecule has 2 aromatic rings. The fourth-order valence-corrected chi connectivity index (χ4v) is 2.60. The molecule has 1 aromatic heterocycles. The van der Waals surface area contributed by atoms with Gasteiger partial charge in [-0.15, -0.1) is 0 Å². The van der Waals surface area contributed by atoms with Gasteiger partial charge < -0.3 is 15.2 Å². The van der Waals surface area contributed by atoms with E-state index in [1.54, 1.807) is 12.1 Å². The highest BCUT2D eigenvalue weighted by Crippen LogP contribution is 2.34. The fourth-order valence-electron chi connectivity index (χ4n) is 2.60. The second-order valence-corrected chi connectivity index (χ2v) is 5.17. The smallest absolute Gasteiger partial charge is 0.342 e. The first kappa shape index (κ1) is 17.5.